The fraction of sp³-hybridized carbons (Fsp3) is 0.200. The van der Waals surface area contributed by atoms with Crippen LogP contribution in [0.15, 0.2) is 60.7 Å². The van der Waals surface area contributed by atoms with Gasteiger partial charge in [-0.15, -0.1) is 0 Å². The van der Waals surface area contributed by atoms with Gasteiger partial charge in [0.1, 0.15) is 11.6 Å². The summed E-state index contributed by atoms with van der Waals surface area (Å²) in [5.74, 6) is 1.27. The fourth-order valence-corrected chi connectivity index (χ4v) is 3.74. The van der Waals surface area contributed by atoms with Gasteiger partial charge in [-0.1, -0.05) is 45.0 Å². The van der Waals surface area contributed by atoms with Crippen molar-refractivity contribution >= 4 is 22.1 Å². The quantitative estimate of drug-likeness (QED) is 0.312. The molecule has 2 aromatic heterocycles. The number of rotatable bonds is 2. The molecule has 5 aromatic rings. The van der Waals surface area contributed by atoms with Crippen molar-refractivity contribution in [2.24, 2.45) is 0 Å². The van der Waals surface area contributed by atoms with E-state index in [-0.39, 0.29) is 5.41 Å². The van der Waals surface area contributed by atoms with E-state index in [0.717, 1.165) is 40.1 Å². The predicted octanol–water partition coefficient (Wildman–Crippen LogP) is 7.09. The second-order valence-corrected chi connectivity index (χ2v) is 8.96. The number of nitrogens with zero attached hydrogens (tertiary/aromatic N) is 2. The third-order valence-electron chi connectivity index (χ3n) is 5.59. The Hall–Kier alpha value is -3.61. The van der Waals surface area contributed by atoms with Gasteiger partial charge < -0.3 is 9.97 Å². The lowest BCUT2D eigenvalue weighted by molar-refractivity contribution is -0.137. The summed E-state index contributed by atoms with van der Waals surface area (Å²) in [5.41, 5.74) is 4.84. The van der Waals surface area contributed by atoms with Crippen LogP contribution in [0, 0.1) is 0 Å². The van der Waals surface area contributed by atoms with Crippen LogP contribution in [0.25, 0.3) is 44.8 Å². The molecule has 0 saturated heterocycles. The van der Waals surface area contributed by atoms with Crippen molar-refractivity contribution in [2.75, 3.05) is 0 Å². The molecule has 0 radical (unpaired) electrons. The molecule has 2 N–H and O–H groups in total. The third-order valence-corrected chi connectivity index (χ3v) is 5.59. The van der Waals surface area contributed by atoms with Crippen LogP contribution in [-0.4, -0.2) is 19.9 Å². The van der Waals surface area contributed by atoms with Gasteiger partial charge in [0.25, 0.3) is 0 Å². The lowest BCUT2D eigenvalue weighted by Gasteiger charge is -2.18. The Morgan fingerprint density at radius 3 is 1.72 bits per heavy atom. The second-order valence-electron chi connectivity index (χ2n) is 8.96. The molecule has 0 bridgehead atoms. The van der Waals surface area contributed by atoms with E-state index < -0.39 is 11.7 Å². The summed E-state index contributed by atoms with van der Waals surface area (Å²) in [6, 6.07) is 17.5. The van der Waals surface area contributed by atoms with Crippen molar-refractivity contribution in [3.63, 3.8) is 0 Å². The summed E-state index contributed by atoms with van der Waals surface area (Å²) in [7, 11) is 0. The summed E-state index contributed by atoms with van der Waals surface area (Å²) < 4.78 is 39.0. The molecule has 7 heteroatoms. The Morgan fingerprint density at radius 1 is 0.625 bits per heavy atom. The van der Waals surface area contributed by atoms with E-state index in [2.05, 4.69) is 65.0 Å². The highest BCUT2D eigenvalue weighted by atomic mass is 19.4. The molecule has 0 fully saturated rings. The molecule has 3 aromatic carbocycles. The third kappa shape index (κ3) is 3.64. The maximum absolute atomic E-state index is 13.0. The molecule has 32 heavy (non-hydrogen) atoms. The van der Waals surface area contributed by atoms with Gasteiger partial charge in [-0.05, 0) is 47.4 Å². The molecular formula is C25H21F3N4. The highest BCUT2D eigenvalue weighted by Crippen LogP contribution is 2.32. The Morgan fingerprint density at radius 2 is 1.12 bits per heavy atom. The normalized spacial score (nSPS) is 12.7. The first-order valence-corrected chi connectivity index (χ1v) is 10.3. The molecule has 0 atom stereocenters. The van der Waals surface area contributed by atoms with Gasteiger partial charge in [-0.2, -0.15) is 13.2 Å². The molecule has 4 nitrogen and oxygen atoms in total. The molecular weight excluding hydrogens is 413 g/mol. The summed E-state index contributed by atoms with van der Waals surface area (Å²) in [4.78, 5) is 15.5. The van der Waals surface area contributed by atoms with Gasteiger partial charge in [0.2, 0.25) is 0 Å². The zero-order valence-electron chi connectivity index (χ0n) is 17.8. The van der Waals surface area contributed by atoms with Crippen LogP contribution in [0.3, 0.4) is 0 Å². The number of alkyl halides is 3. The van der Waals surface area contributed by atoms with E-state index in [1.807, 2.05) is 18.2 Å². The first kappa shape index (κ1) is 20.3. The van der Waals surface area contributed by atoms with E-state index >= 15 is 0 Å². The van der Waals surface area contributed by atoms with Gasteiger partial charge in [0.05, 0.1) is 27.6 Å². The molecule has 0 aliphatic carbocycles. The minimum atomic E-state index is -4.39. The standard InChI is InChI=1S/C25H21F3N4/c1-24(2,3)16-7-4-14(5-8-16)22-29-18-10-6-15(12-20(18)31-22)23-30-19-11-9-17(25(26,27)28)13-21(19)32-23/h4-13H,1-3H3,(H,29,31)(H,30,32). The van der Waals surface area contributed by atoms with E-state index in [0.29, 0.717) is 16.9 Å². The predicted molar refractivity (Wildman–Crippen MR) is 120 cm³/mol. The summed E-state index contributed by atoms with van der Waals surface area (Å²) in [6.07, 6.45) is -4.39. The molecule has 0 aliphatic rings. The van der Waals surface area contributed by atoms with Crippen molar-refractivity contribution in [3.8, 4) is 22.8 Å². The van der Waals surface area contributed by atoms with Gasteiger partial charge in [0.15, 0.2) is 0 Å². The molecule has 2 heterocycles. The maximum atomic E-state index is 13.0. The van der Waals surface area contributed by atoms with Crippen molar-refractivity contribution in [1.29, 1.82) is 0 Å². The number of benzene rings is 3. The van der Waals surface area contributed by atoms with Gasteiger partial charge in [-0.25, -0.2) is 9.97 Å². The van der Waals surface area contributed by atoms with Crippen LogP contribution < -0.4 is 0 Å². The van der Waals surface area contributed by atoms with Crippen molar-refractivity contribution in [3.05, 3.63) is 71.8 Å². The topological polar surface area (TPSA) is 57.4 Å². The van der Waals surface area contributed by atoms with Crippen LogP contribution in [0.4, 0.5) is 13.2 Å². The smallest absolute Gasteiger partial charge is 0.338 e. The van der Waals surface area contributed by atoms with Gasteiger partial charge >= 0.3 is 6.18 Å². The SMILES string of the molecule is CC(C)(C)c1ccc(-c2nc3ccc(-c4nc5ccc(C(F)(F)F)cc5[nH]4)cc3[nH]2)cc1. The van der Waals surface area contributed by atoms with E-state index in [1.165, 1.54) is 11.6 Å². The van der Waals surface area contributed by atoms with E-state index in [4.69, 9.17) is 0 Å². The van der Waals surface area contributed by atoms with E-state index in [1.54, 1.807) is 0 Å². The Bertz CT molecular complexity index is 1430. The highest BCUT2D eigenvalue weighted by molar-refractivity contribution is 5.86. The van der Waals surface area contributed by atoms with Crippen LogP contribution >= 0.6 is 0 Å². The Balaban J connectivity index is 1.50. The number of hydrogen-bond acceptors (Lipinski definition) is 2. The molecule has 0 unspecified atom stereocenters. The van der Waals surface area contributed by atoms with Crippen LogP contribution in [0.5, 0.6) is 0 Å². The number of nitrogens with one attached hydrogen (secondary N) is 2. The Kier molecular flexibility index (Phi) is 4.41. The number of hydrogen-bond donors (Lipinski definition) is 2. The van der Waals surface area contributed by atoms with Crippen LogP contribution in [-0.2, 0) is 11.6 Å². The number of aromatic nitrogens is 4. The van der Waals surface area contributed by atoms with Gasteiger partial charge in [0, 0.05) is 11.1 Å². The minimum absolute atomic E-state index is 0.0781. The first-order valence-electron chi connectivity index (χ1n) is 10.3. The van der Waals surface area contributed by atoms with Crippen molar-refractivity contribution in [1.82, 2.24) is 19.9 Å². The first-order chi connectivity index (χ1) is 15.1. The lowest BCUT2D eigenvalue weighted by Crippen LogP contribution is -2.10. The van der Waals surface area contributed by atoms with Crippen LogP contribution in [0.2, 0.25) is 0 Å². The van der Waals surface area contributed by atoms with Crippen molar-refractivity contribution in [2.45, 2.75) is 32.4 Å². The molecule has 0 saturated carbocycles. The largest absolute Gasteiger partial charge is 0.416 e. The molecule has 0 spiro atoms. The zero-order valence-corrected chi connectivity index (χ0v) is 17.8. The van der Waals surface area contributed by atoms with Crippen molar-refractivity contribution < 1.29 is 13.2 Å². The lowest BCUT2D eigenvalue weighted by atomic mass is 9.87. The number of fused-ring (bicyclic) bond motifs is 2. The minimum Gasteiger partial charge on any atom is -0.338 e. The van der Waals surface area contributed by atoms with Gasteiger partial charge in [-0.3, -0.25) is 0 Å². The van der Waals surface area contributed by atoms with E-state index in [9.17, 15) is 13.2 Å². The second kappa shape index (κ2) is 6.95. The average molecular weight is 434 g/mol. The molecule has 5 rings (SSSR count). The summed E-state index contributed by atoms with van der Waals surface area (Å²) >= 11 is 0. The number of aromatic amines is 2. The molecule has 0 aliphatic heterocycles. The number of halogens is 3. The Labute approximate surface area is 182 Å². The number of H-pyrrole nitrogens is 2. The molecule has 162 valence electrons. The summed E-state index contributed by atoms with van der Waals surface area (Å²) in [5, 5.41) is 0. The fourth-order valence-electron chi connectivity index (χ4n) is 3.74. The van der Waals surface area contributed by atoms with Crippen LogP contribution in [0.1, 0.15) is 31.9 Å². The number of imidazole rings is 2. The molecule has 0 amide bonds. The zero-order chi connectivity index (χ0) is 22.7. The average Bonchev–Trinajstić information content (AvgIpc) is 3.35. The maximum Gasteiger partial charge on any atom is 0.416 e. The highest BCUT2D eigenvalue weighted by Gasteiger charge is 2.30. The summed E-state index contributed by atoms with van der Waals surface area (Å²) in [6.45, 7) is 6.52. The monoisotopic (exact) mass is 434 g/mol.